The molecule has 0 saturated carbocycles. The lowest BCUT2D eigenvalue weighted by atomic mass is 10.1. The molecular formula is C22H26N6OS2. The molecule has 0 aliphatic rings. The Morgan fingerprint density at radius 1 is 0.806 bits per heavy atom. The predicted molar refractivity (Wildman–Crippen MR) is 139 cm³/mol. The van der Waals surface area contributed by atoms with E-state index < -0.39 is 0 Å². The molecule has 4 N–H and O–H groups in total. The maximum absolute atomic E-state index is 5.29. The van der Waals surface area contributed by atoms with Crippen LogP contribution in [0.15, 0.2) is 58.7 Å². The Bertz CT molecular complexity index is 982. The van der Waals surface area contributed by atoms with Gasteiger partial charge in [0, 0.05) is 12.7 Å². The second-order valence-corrected chi connectivity index (χ2v) is 7.20. The maximum atomic E-state index is 5.29. The second kappa shape index (κ2) is 12.4. The zero-order valence-electron chi connectivity index (χ0n) is 17.9. The van der Waals surface area contributed by atoms with Gasteiger partial charge in [0.25, 0.3) is 0 Å². The van der Waals surface area contributed by atoms with Crippen molar-refractivity contribution in [2.75, 3.05) is 19.5 Å². The fourth-order valence-electron chi connectivity index (χ4n) is 2.23. The highest BCUT2D eigenvalue weighted by Crippen LogP contribution is 2.15. The van der Waals surface area contributed by atoms with Crippen molar-refractivity contribution >= 4 is 63.9 Å². The first-order valence-electron chi connectivity index (χ1n) is 9.47. The highest BCUT2D eigenvalue weighted by Gasteiger charge is 2.00. The molecular weight excluding hydrogens is 428 g/mol. The fourth-order valence-corrected chi connectivity index (χ4v) is 2.44. The molecule has 0 heterocycles. The van der Waals surface area contributed by atoms with Crippen LogP contribution in [0.1, 0.15) is 25.0 Å². The number of hydrazone groups is 2. The number of rotatable bonds is 7. The van der Waals surface area contributed by atoms with Gasteiger partial charge in [-0.1, -0.05) is 36.4 Å². The molecule has 162 valence electrons. The number of hydrogen-bond acceptors (Lipinski definition) is 5. The summed E-state index contributed by atoms with van der Waals surface area (Å²) in [5, 5.41) is 15.0. The zero-order chi connectivity index (χ0) is 22.6. The van der Waals surface area contributed by atoms with Crippen LogP contribution < -0.4 is 26.2 Å². The van der Waals surface area contributed by atoms with Gasteiger partial charge < -0.3 is 15.4 Å². The molecule has 0 saturated heterocycles. The van der Waals surface area contributed by atoms with E-state index in [1.807, 2.05) is 74.5 Å². The van der Waals surface area contributed by atoms with E-state index in [4.69, 9.17) is 29.2 Å². The maximum Gasteiger partial charge on any atom is 0.191 e. The molecule has 0 amide bonds. The molecule has 0 aliphatic heterocycles. The molecule has 0 atom stereocenters. The average molecular weight is 455 g/mol. The zero-order valence-corrected chi connectivity index (χ0v) is 19.5. The minimum Gasteiger partial charge on any atom is -0.497 e. The summed E-state index contributed by atoms with van der Waals surface area (Å²) in [5.41, 5.74) is 9.92. The van der Waals surface area contributed by atoms with Crippen molar-refractivity contribution in [1.29, 1.82) is 0 Å². The van der Waals surface area contributed by atoms with Crippen molar-refractivity contribution < 1.29 is 4.74 Å². The van der Waals surface area contributed by atoms with E-state index in [0.29, 0.717) is 21.6 Å². The molecule has 9 heteroatoms. The number of methoxy groups -OCH3 is 1. The van der Waals surface area contributed by atoms with Crippen LogP contribution in [-0.4, -0.2) is 35.8 Å². The Hall–Kier alpha value is -3.30. The van der Waals surface area contributed by atoms with Crippen molar-refractivity contribution in [2.45, 2.75) is 13.8 Å². The highest BCUT2D eigenvalue weighted by molar-refractivity contribution is 7.80. The van der Waals surface area contributed by atoms with Crippen molar-refractivity contribution in [3.05, 3.63) is 59.7 Å². The standard InChI is InChI=1S/C22H26N6OS2/c1-15(25-27-21(30)23-3)16(2)26-28-22(31)24-19-11-7-17(8-12-19)5-6-18-9-13-20(29-4)14-10-18/h5-14H,1-4H3,(H2,23,27,30)(H2,24,28,31)/b6-5+,25-15+,26-16-. The van der Waals surface area contributed by atoms with Crippen molar-refractivity contribution in [3.63, 3.8) is 0 Å². The first-order chi connectivity index (χ1) is 14.9. The third-order valence-electron chi connectivity index (χ3n) is 4.15. The monoisotopic (exact) mass is 454 g/mol. The van der Waals surface area contributed by atoms with Gasteiger partial charge in [-0.2, -0.15) is 10.2 Å². The SMILES string of the molecule is CNC(=S)N/N=C(C)/C(C)=N\NC(=S)Nc1ccc(/C=C/c2ccc(OC)cc2)cc1. The number of ether oxygens (including phenoxy) is 1. The summed E-state index contributed by atoms with van der Waals surface area (Å²) in [7, 11) is 3.38. The highest BCUT2D eigenvalue weighted by atomic mass is 32.1. The molecule has 0 spiro atoms. The van der Waals surface area contributed by atoms with Gasteiger partial charge >= 0.3 is 0 Å². The van der Waals surface area contributed by atoms with Crippen LogP contribution in [0.2, 0.25) is 0 Å². The predicted octanol–water partition coefficient (Wildman–Crippen LogP) is 4.00. The van der Waals surface area contributed by atoms with E-state index in [1.165, 1.54) is 0 Å². The second-order valence-electron chi connectivity index (χ2n) is 6.38. The summed E-state index contributed by atoms with van der Waals surface area (Å²) < 4.78 is 5.17. The summed E-state index contributed by atoms with van der Waals surface area (Å²) >= 11 is 10.3. The van der Waals surface area contributed by atoms with Gasteiger partial charge in [0.1, 0.15) is 5.75 Å². The lowest BCUT2D eigenvalue weighted by Crippen LogP contribution is -2.30. The summed E-state index contributed by atoms with van der Waals surface area (Å²) in [4.78, 5) is 0. The quantitative estimate of drug-likeness (QED) is 0.218. The third kappa shape index (κ3) is 8.53. The Morgan fingerprint density at radius 2 is 1.29 bits per heavy atom. The van der Waals surface area contributed by atoms with E-state index >= 15 is 0 Å². The third-order valence-corrected chi connectivity index (χ3v) is 4.64. The van der Waals surface area contributed by atoms with E-state index in [0.717, 1.165) is 22.6 Å². The summed E-state index contributed by atoms with van der Waals surface area (Å²) in [6.07, 6.45) is 4.10. The Labute approximate surface area is 193 Å². The first kappa shape index (κ1) is 24.0. The van der Waals surface area contributed by atoms with Gasteiger partial charge in [-0.25, -0.2) is 0 Å². The molecule has 2 aromatic carbocycles. The average Bonchev–Trinajstić information content (AvgIpc) is 2.80. The minimum atomic E-state index is 0.382. The molecule has 7 nitrogen and oxygen atoms in total. The van der Waals surface area contributed by atoms with Crippen LogP contribution in [-0.2, 0) is 0 Å². The Kier molecular flexibility index (Phi) is 9.60. The summed E-state index contributed by atoms with van der Waals surface area (Å²) in [6.45, 7) is 3.64. The molecule has 2 rings (SSSR count). The number of nitrogens with zero attached hydrogens (tertiary/aromatic N) is 2. The number of benzene rings is 2. The number of anilines is 1. The van der Waals surface area contributed by atoms with Crippen LogP contribution in [0.25, 0.3) is 12.2 Å². The molecule has 0 radical (unpaired) electrons. The van der Waals surface area contributed by atoms with Crippen molar-refractivity contribution in [1.82, 2.24) is 16.2 Å². The summed E-state index contributed by atoms with van der Waals surface area (Å²) in [6, 6.07) is 15.8. The lowest BCUT2D eigenvalue weighted by molar-refractivity contribution is 0.415. The molecule has 0 bridgehead atoms. The lowest BCUT2D eigenvalue weighted by Gasteiger charge is -2.08. The summed E-state index contributed by atoms with van der Waals surface area (Å²) in [5.74, 6) is 0.841. The van der Waals surface area contributed by atoms with Gasteiger partial charge in [0.15, 0.2) is 10.2 Å². The molecule has 31 heavy (non-hydrogen) atoms. The van der Waals surface area contributed by atoms with Crippen LogP contribution >= 0.6 is 24.4 Å². The normalized spacial score (nSPS) is 11.7. The van der Waals surface area contributed by atoms with Gasteiger partial charge in [0.2, 0.25) is 0 Å². The van der Waals surface area contributed by atoms with Crippen molar-refractivity contribution in [3.8, 4) is 5.75 Å². The Morgan fingerprint density at radius 3 is 1.77 bits per heavy atom. The minimum absolute atomic E-state index is 0.382. The van der Waals surface area contributed by atoms with E-state index in [9.17, 15) is 0 Å². The molecule has 0 fully saturated rings. The van der Waals surface area contributed by atoms with Crippen molar-refractivity contribution in [2.24, 2.45) is 10.2 Å². The first-order valence-corrected chi connectivity index (χ1v) is 10.3. The van der Waals surface area contributed by atoms with Gasteiger partial charge in [-0.15, -0.1) is 0 Å². The number of hydrogen-bond donors (Lipinski definition) is 4. The molecule has 2 aromatic rings. The molecule has 0 aromatic heterocycles. The van der Waals surface area contributed by atoms with Crippen LogP contribution in [0.4, 0.5) is 5.69 Å². The van der Waals surface area contributed by atoms with Crippen LogP contribution in [0, 0.1) is 0 Å². The molecule has 0 unspecified atom stereocenters. The fraction of sp³-hybridized carbons (Fsp3) is 0.182. The Balaban J connectivity index is 1.88. The smallest absolute Gasteiger partial charge is 0.191 e. The van der Waals surface area contributed by atoms with Gasteiger partial charge in [-0.3, -0.25) is 10.9 Å². The van der Waals surface area contributed by atoms with Crippen LogP contribution in [0.3, 0.4) is 0 Å². The topological polar surface area (TPSA) is 82.1 Å². The van der Waals surface area contributed by atoms with Gasteiger partial charge in [0.05, 0.1) is 18.5 Å². The number of thiocarbonyl (C=S) groups is 2. The number of nitrogens with one attached hydrogen (secondary N) is 4. The molecule has 0 aliphatic carbocycles. The van der Waals surface area contributed by atoms with Gasteiger partial charge in [-0.05, 0) is 73.7 Å². The largest absolute Gasteiger partial charge is 0.497 e. The van der Waals surface area contributed by atoms with E-state index in [-0.39, 0.29) is 0 Å². The van der Waals surface area contributed by atoms with E-state index in [2.05, 4.69) is 31.7 Å². The van der Waals surface area contributed by atoms with Crippen LogP contribution in [0.5, 0.6) is 5.75 Å². The van der Waals surface area contributed by atoms with E-state index in [1.54, 1.807) is 14.2 Å².